The van der Waals surface area contributed by atoms with E-state index < -0.39 is 5.63 Å². The first kappa shape index (κ1) is 27.3. The lowest BCUT2D eigenvalue weighted by Gasteiger charge is -2.17. The Hall–Kier alpha value is -3.73. The van der Waals surface area contributed by atoms with Crippen LogP contribution in [0.1, 0.15) is 58.3 Å². The second-order valence-corrected chi connectivity index (χ2v) is 9.59. The van der Waals surface area contributed by atoms with E-state index in [-0.39, 0.29) is 0 Å². The van der Waals surface area contributed by atoms with Gasteiger partial charge in [0.1, 0.15) is 5.58 Å². The number of methoxy groups -OCH3 is 2. The van der Waals surface area contributed by atoms with Crippen molar-refractivity contribution < 1.29 is 18.6 Å². The summed E-state index contributed by atoms with van der Waals surface area (Å²) in [6.45, 7) is 2.84. The minimum Gasteiger partial charge on any atom is -0.493 e. The molecule has 0 bridgehead atoms. The highest BCUT2D eigenvalue weighted by Gasteiger charge is 2.18. The van der Waals surface area contributed by atoms with Crippen molar-refractivity contribution in [1.29, 1.82) is 0 Å². The van der Waals surface area contributed by atoms with Crippen LogP contribution in [0.15, 0.2) is 75.9 Å². The second kappa shape index (κ2) is 13.7. The van der Waals surface area contributed by atoms with Gasteiger partial charge >= 0.3 is 5.63 Å². The maximum absolute atomic E-state index is 12.5. The van der Waals surface area contributed by atoms with Crippen molar-refractivity contribution in [2.24, 2.45) is 0 Å². The van der Waals surface area contributed by atoms with Crippen LogP contribution < -0.4 is 19.8 Å². The molecule has 5 nitrogen and oxygen atoms in total. The molecule has 0 fully saturated rings. The van der Waals surface area contributed by atoms with Crippen molar-refractivity contribution >= 4 is 11.0 Å². The van der Waals surface area contributed by atoms with Crippen LogP contribution in [0, 0.1) is 0 Å². The van der Waals surface area contributed by atoms with Crippen LogP contribution in [-0.2, 0) is 0 Å². The monoisotopic (exact) mass is 514 g/mol. The van der Waals surface area contributed by atoms with E-state index in [1.165, 1.54) is 44.6 Å². The largest absolute Gasteiger partial charge is 0.493 e. The minimum absolute atomic E-state index is 0.409. The lowest BCUT2D eigenvalue weighted by Crippen LogP contribution is -2.03. The molecule has 0 saturated carbocycles. The lowest BCUT2D eigenvalue weighted by atomic mass is 9.97. The van der Waals surface area contributed by atoms with E-state index in [1.807, 2.05) is 42.5 Å². The maximum Gasteiger partial charge on any atom is 0.336 e. The molecule has 38 heavy (non-hydrogen) atoms. The number of unbranched alkanes of at least 4 members (excludes halogenated alkanes) is 7. The maximum atomic E-state index is 12.5. The summed E-state index contributed by atoms with van der Waals surface area (Å²) in [5, 5.41) is 0.836. The average Bonchev–Trinajstić information content (AvgIpc) is 2.95. The van der Waals surface area contributed by atoms with Crippen LogP contribution >= 0.6 is 0 Å². The third kappa shape index (κ3) is 6.77. The van der Waals surface area contributed by atoms with Gasteiger partial charge in [-0.3, -0.25) is 0 Å². The van der Waals surface area contributed by atoms with E-state index in [4.69, 9.17) is 18.6 Å². The molecule has 0 atom stereocenters. The van der Waals surface area contributed by atoms with Crippen molar-refractivity contribution in [2.45, 2.75) is 58.3 Å². The van der Waals surface area contributed by atoms with Crippen LogP contribution in [0.5, 0.6) is 17.2 Å². The number of hydrogen-bond donors (Lipinski definition) is 0. The lowest BCUT2D eigenvalue weighted by molar-refractivity contribution is 0.267. The van der Waals surface area contributed by atoms with Crippen LogP contribution in [0.4, 0.5) is 0 Å². The summed E-state index contributed by atoms with van der Waals surface area (Å²) in [6, 6.07) is 21.3. The zero-order valence-electron chi connectivity index (χ0n) is 22.8. The molecule has 5 heteroatoms. The van der Waals surface area contributed by atoms with Crippen LogP contribution in [-0.4, -0.2) is 20.8 Å². The van der Waals surface area contributed by atoms with Gasteiger partial charge < -0.3 is 18.6 Å². The second-order valence-electron chi connectivity index (χ2n) is 9.59. The molecule has 1 heterocycles. The van der Waals surface area contributed by atoms with E-state index in [9.17, 15) is 4.79 Å². The van der Waals surface area contributed by atoms with Crippen molar-refractivity contribution in [3.8, 4) is 39.5 Å². The highest BCUT2D eigenvalue weighted by Crippen LogP contribution is 2.43. The Morgan fingerprint density at radius 2 is 1.34 bits per heavy atom. The van der Waals surface area contributed by atoms with Gasteiger partial charge in [0.15, 0.2) is 11.5 Å². The van der Waals surface area contributed by atoms with Gasteiger partial charge in [-0.05, 0) is 47.4 Å². The summed E-state index contributed by atoms with van der Waals surface area (Å²) in [5.74, 6) is 1.72. The summed E-state index contributed by atoms with van der Waals surface area (Å²) in [6.07, 6.45) is 9.90. The van der Waals surface area contributed by atoms with Crippen LogP contribution in [0.3, 0.4) is 0 Å². The van der Waals surface area contributed by atoms with Crippen molar-refractivity contribution in [1.82, 2.24) is 0 Å². The summed E-state index contributed by atoms with van der Waals surface area (Å²) in [7, 11) is 3.24. The molecule has 0 aliphatic rings. The SMILES string of the molecule is CCCCCCCCCCOc1c(OC)cc(-c2cc(=O)oc3ccc(-c4ccccc4)cc23)cc1OC. The quantitative estimate of drug-likeness (QED) is 0.124. The topological polar surface area (TPSA) is 57.9 Å². The number of fused-ring (bicyclic) bond motifs is 1. The molecule has 0 spiro atoms. The predicted molar refractivity (Wildman–Crippen MR) is 155 cm³/mol. The third-order valence-corrected chi connectivity index (χ3v) is 6.87. The van der Waals surface area contributed by atoms with Gasteiger partial charge in [-0.25, -0.2) is 4.79 Å². The van der Waals surface area contributed by atoms with E-state index in [1.54, 1.807) is 14.2 Å². The Kier molecular flexibility index (Phi) is 9.85. The van der Waals surface area contributed by atoms with E-state index in [0.717, 1.165) is 40.5 Å². The standard InChI is InChI=1S/C33H38O5/c1-4-5-6-7-8-9-10-14-19-37-33-30(35-2)21-26(22-31(33)36-3)27-23-32(34)38-29-18-17-25(20-28(27)29)24-15-12-11-13-16-24/h11-13,15-18,20-23H,4-10,14,19H2,1-3H3. The normalized spacial score (nSPS) is 11.0. The first-order valence-electron chi connectivity index (χ1n) is 13.7. The smallest absolute Gasteiger partial charge is 0.336 e. The van der Waals surface area contributed by atoms with E-state index >= 15 is 0 Å². The van der Waals surface area contributed by atoms with Gasteiger partial charge in [0.25, 0.3) is 0 Å². The molecule has 0 N–H and O–H groups in total. The first-order chi connectivity index (χ1) is 18.6. The van der Waals surface area contributed by atoms with Crippen molar-refractivity contribution in [2.75, 3.05) is 20.8 Å². The van der Waals surface area contributed by atoms with Gasteiger partial charge in [-0.1, -0.05) is 88.3 Å². The Balaban J connectivity index is 1.58. The molecule has 0 unspecified atom stereocenters. The fourth-order valence-corrected chi connectivity index (χ4v) is 4.80. The van der Waals surface area contributed by atoms with Gasteiger partial charge in [-0.15, -0.1) is 0 Å². The fourth-order valence-electron chi connectivity index (χ4n) is 4.80. The molecule has 0 aliphatic heterocycles. The van der Waals surface area contributed by atoms with Crippen LogP contribution in [0.2, 0.25) is 0 Å². The zero-order valence-corrected chi connectivity index (χ0v) is 22.8. The first-order valence-corrected chi connectivity index (χ1v) is 13.7. The number of rotatable bonds is 14. The molecule has 0 saturated heterocycles. The van der Waals surface area contributed by atoms with Crippen LogP contribution in [0.25, 0.3) is 33.2 Å². The Bertz CT molecular complexity index is 1350. The predicted octanol–water partition coefficient (Wildman–Crippen LogP) is 8.66. The van der Waals surface area contributed by atoms with E-state index in [2.05, 4.69) is 25.1 Å². The molecule has 200 valence electrons. The molecular weight excluding hydrogens is 476 g/mol. The number of benzene rings is 3. The number of ether oxygens (including phenoxy) is 3. The molecule has 0 aliphatic carbocycles. The summed E-state index contributed by atoms with van der Waals surface area (Å²) >= 11 is 0. The fraction of sp³-hybridized carbons (Fsp3) is 0.364. The molecule has 1 aromatic heterocycles. The molecule has 4 rings (SSSR count). The molecule has 0 amide bonds. The number of hydrogen-bond acceptors (Lipinski definition) is 5. The Morgan fingerprint density at radius 3 is 2.00 bits per heavy atom. The Labute approximate surface area is 225 Å². The summed E-state index contributed by atoms with van der Waals surface area (Å²) in [5.41, 5.74) is 3.79. The zero-order chi connectivity index (χ0) is 26.7. The average molecular weight is 515 g/mol. The van der Waals surface area contributed by atoms with Crippen molar-refractivity contribution in [3.63, 3.8) is 0 Å². The Morgan fingerprint density at radius 1 is 0.684 bits per heavy atom. The van der Waals surface area contributed by atoms with Gasteiger partial charge in [0, 0.05) is 17.0 Å². The molecule has 0 radical (unpaired) electrons. The van der Waals surface area contributed by atoms with Gasteiger partial charge in [-0.2, -0.15) is 0 Å². The van der Waals surface area contributed by atoms with Crippen molar-refractivity contribution in [3.05, 3.63) is 77.2 Å². The molecule has 3 aromatic carbocycles. The highest BCUT2D eigenvalue weighted by atomic mass is 16.5. The molecular formula is C33H38O5. The minimum atomic E-state index is -0.409. The van der Waals surface area contributed by atoms with Gasteiger partial charge in [0.2, 0.25) is 5.75 Å². The summed E-state index contributed by atoms with van der Waals surface area (Å²) in [4.78, 5) is 12.5. The third-order valence-electron chi connectivity index (χ3n) is 6.87. The highest BCUT2D eigenvalue weighted by molar-refractivity contribution is 5.96. The summed E-state index contributed by atoms with van der Waals surface area (Å²) < 4.78 is 23.1. The van der Waals surface area contributed by atoms with E-state index in [0.29, 0.717) is 29.4 Å². The molecule has 4 aromatic rings. The van der Waals surface area contributed by atoms with Gasteiger partial charge in [0.05, 0.1) is 20.8 Å².